The molecule has 0 bridgehead atoms. The Morgan fingerprint density at radius 3 is 2.05 bits per heavy atom. The van der Waals surface area contributed by atoms with Crippen LogP contribution in [0.2, 0.25) is 0 Å². The standard InChI is InChI=1S/C18H30O2/c1-2-3-4-5-6-7-8-9-10-11-12-13-14-15-16-17-18(19)20/h16-17H,2-5,8-15H2,1H3,(H,19,20)/b17-16+. The van der Waals surface area contributed by atoms with Gasteiger partial charge < -0.3 is 5.11 Å². The average molecular weight is 278 g/mol. The van der Waals surface area contributed by atoms with Gasteiger partial charge in [0.2, 0.25) is 0 Å². The van der Waals surface area contributed by atoms with E-state index in [4.69, 9.17) is 5.11 Å². The second-order valence-electron chi connectivity index (χ2n) is 5.21. The summed E-state index contributed by atoms with van der Waals surface area (Å²) >= 11 is 0. The molecule has 2 heteroatoms. The molecule has 0 spiro atoms. The number of aliphatic carboxylic acids is 1. The van der Waals surface area contributed by atoms with Crippen molar-refractivity contribution in [3.63, 3.8) is 0 Å². The Morgan fingerprint density at radius 1 is 0.900 bits per heavy atom. The van der Waals surface area contributed by atoms with Gasteiger partial charge in [-0.25, -0.2) is 4.79 Å². The molecule has 0 aromatic rings. The minimum atomic E-state index is -0.846. The molecule has 0 fully saturated rings. The molecular weight excluding hydrogens is 248 g/mol. The molecule has 0 rings (SSSR count). The smallest absolute Gasteiger partial charge is 0.327 e. The number of carboxylic acids is 1. The van der Waals surface area contributed by atoms with Crippen molar-refractivity contribution >= 4 is 5.97 Å². The molecule has 1 N–H and O–H groups in total. The third kappa shape index (κ3) is 16.8. The second kappa shape index (κ2) is 15.8. The highest BCUT2D eigenvalue weighted by Gasteiger charge is 1.91. The van der Waals surface area contributed by atoms with Crippen molar-refractivity contribution in [2.75, 3.05) is 0 Å². The maximum Gasteiger partial charge on any atom is 0.327 e. The molecule has 0 atom stereocenters. The van der Waals surface area contributed by atoms with Crippen molar-refractivity contribution < 1.29 is 9.90 Å². The molecule has 0 heterocycles. The first-order valence-corrected chi connectivity index (χ1v) is 8.12. The van der Waals surface area contributed by atoms with Crippen LogP contribution in [0.15, 0.2) is 12.2 Å². The summed E-state index contributed by atoms with van der Waals surface area (Å²) in [6.45, 7) is 2.22. The molecule has 114 valence electrons. The van der Waals surface area contributed by atoms with Crippen LogP contribution in [-0.2, 0) is 4.79 Å². The third-order valence-electron chi connectivity index (χ3n) is 3.21. The summed E-state index contributed by atoms with van der Waals surface area (Å²) in [5.41, 5.74) is 0. The fraction of sp³-hybridized carbons (Fsp3) is 0.722. The van der Waals surface area contributed by atoms with E-state index in [1.54, 1.807) is 6.08 Å². The Balaban J connectivity index is 3.15. The minimum absolute atomic E-state index is 0.846. The highest BCUT2D eigenvalue weighted by Crippen LogP contribution is 2.08. The molecule has 0 unspecified atom stereocenters. The zero-order valence-electron chi connectivity index (χ0n) is 13.0. The number of carboxylic acid groups (broad SMARTS) is 1. The molecule has 0 saturated carbocycles. The van der Waals surface area contributed by atoms with Crippen LogP contribution in [0.25, 0.3) is 0 Å². The number of rotatable bonds is 12. The zero-order valence-corrected chi connectivity index (χ0v) is 13.0. The molecule has 2 nitrogen and oxygen atoms in total. The maximum absolute atomic E-state index is 10.2. The lowest BCUT2D eigenvalue weighted by Crippen LogP contribution is -1.85. The van der Waals surface area contributed by atoms with Crippen LogP contribution in [0.3, 0.4) is 0 Å². The maximum atomic E-state index is 10.2. The SMILES string of the molecule is CCCCCC#CCCCCCCCC/C=C/C(=O)O. The molecule has 0 aliphatic heterocycles. The van der Waals surface area contributed by atoms with Crippen LogP contribution in [0.4, 0.5) is 0 Å². The molecule has 0 aromatic carbocycles. The molecule has 0 amide bonds. The Bertz CT molecular complexity index is 307. The molecule has 0 saturated heterocycles. The molecule has 0 aliphatic rings. The monoisotopic (exact) mass is 278 g/mol. The molecular formula is C18H30O2. The molecule has 20 heavy (non-hydrogen) atoms. The first kappa shape index (κ1) is 18.8. The average Bonchev–Trinajstić information content (AvgIpc) is 2.43. The number of hydrogen-bond donors (Lipinski definition) is 1. The van der Waals surface area contributed by atoms with Crippen molar-refractivity contribution in [2.24, 2.45) is 0 Å². The summed E-state index contributed by atoms with van der Waals surface area (Å²) in [5.74, 6) is 5.66. The lowest BCUT2D eigenvalue weighted by Gasteiger charge is -1.98. The summed E-state index contributed by atoms with van der Waals surface area (Å²) in [4.78, 5) is 10.2. The van der Waals surface area contributed by atoms with Gasteiger partial charge in [-0.3, -0.25) is 0 Å². The molecule has 0 radical (unpaired) electrons. The zero-order chi connectivity index (χ0) is 14.9. The quantitative estimate of drug-likeness (QED) is 0.297. The van der Waals surface area contributed by atoms with Crippen LogP contribution in [0, 0.1) is 11.8 Å². The van der Waals surface area contributed by atoms with E-state index in [1.165, 1.54) is 57.4 Å². The van der Waals surface area contributed by atoms with Crippen molar-refractivity contribution in [3.8, 4) is 11.8 Å². The van der Waals surface area contributed by atoms with E-state index in [0.717, 1.165) is 25.7 Å². The van der Waals surface area contributed by atoms with Crippen molar-refractivity contribution in [1.82, 2.24) is 0 Å². The molecule has 0 aromatic heterocycles. The van der Waals surface area contributed by atoms with E-state index in [1.807, 2.05) is 0 Å². The van der Waals surface area contributed by atoms with E-state index in [2.05, 4.69) is 18.8 Å². The largest absolute Gasteiger partial charge is 0.478 e. The normalized spacial score (nSPS) is 10.4. The lowest BCUT2D eigenvalue weighted by atomic mass is 10.1. The van der Waals surface area contributed by atoms with E-state index in [9.17, 15) is 4.79 Å². The second-order valence-corrected chi connectivity index (χ2v) is 5.21. The minimum Gasteiger partial charge on any atom is -0.478 e. The summed E-state index contributed by atoms with van der Waals surface area (Å²) in [6.07, 6.45) is 17.1. The summed E-state index contributed by atoms with van der Waals surface area (Å²) in [7, 11) is 0. The van der Waals surface area contributed by atoms with Crippen LogP contribution in [-0.4, -0.2) is 11.1 Å². The van der Waals surface area contributed by atoms with Crippen LogP contribution < -0.4 is 0 Å². The van der Waals surface area contributed by atoms with Gasteiger partial charge in [0.1, 0.15) is 0 Å². The van der Waals surface area contributed by atoms with Gasteiger partial charge in [-0.1, -0.05) is 51.5 Å². The van der Waals surface area contributed by atoms with Crippen molar-refractivity contribution in [3.05, 3.63) is 12.2 Å². The molecule has 0 aliphatic carbocycles. The van der Waals surface area contributed by atoms with E-state index < -0.39 is 5.97 Å². The number of allylic oxidation sites excluding steroid dienone is 1. The van der Waals surface area contributed by atoms with Gasteiger partial charge in [0.05, 0.1) is 0 Å². The first-order valence-electron chi connectivity index (χ1n) is 8.12. The fourth-order valence-corrected chi connectivity index (χ4v) is 2.01. The predicted molar refractivity (Wildman–Crippen MR) is 85.6 cm³/mol. The Morgan fingerprint density at radius 2 is 1.45 bits per heavy atom. The Labute approximate surface area is 124 Å². The van der Waals surface area contributed by atoms with Crippen molar-refractivity contribution in [1.29, 1.82) is 0 Å². The predicted octanol–water partition coefficient (Wildman–Crippen LogP) is 5.33. The topological polar surface area (TPSA) is 37.3 Å². The summed E-state index contributed by atoms with van der Waals surface area (Å²) in [5, 5.41) is 8.42. The van der Waals surface area contributed by atoms with Crippen LogP contribution >= 0.6 is 0 Å². The highest BCUT2D eigenvalue weighted by atomic mass is 16.4. The third-order valence-corrected chi connectivity index (χ3v) is 3.21. The van der Waals surface area contributed by atoms with Gasteiger partial charge in [0, 0.05) is 18.9 Å². The fourth-order valence-electron chi connectivity index (χ4n) is 2.01. The van der Waals surface area contributed by atoms with E-state index in [-0.39, 0.29) is 0 Å². The van der Waals surface area contributed by atoms with Gasteiger partial charge in [-0.05, 0) is 25.7 Å². The van der Waals surface area contributed by atoms with E-state index in [0.29, 0.717) is 0 Å². The van der Waals surface area contributed by atoms with Gasteiger partial charge >= 0.3 is 5.97 Å². The van der Waals surface area contributed by atoms with Gasteiger partial charge in [-0.15, -0.1) is 11.8 Å². The van der Waals surface area contributed by atoms with Gasteiger partial charge in [-0.2, -0.15) is 0 Å². The van der Waals surface area contributed by atoms with E-state index >= 15 is 0 Å². The van der Waals surface area contributed by atoms with Crippen LogP contribution in [0.5, 0.6) is 0 Å². The Kier molecular flexibility index (Phi) is 14.9. The number of carbonyl (C=O) groups is 1. The van der Waals surface area contributed by atoms with Crippen LogP contribution in [0.1, 0.15) is 84.0 Å². The highest BCUT2D eigenvalue weighted by molar-refractivity contribution is 5.79. The summed E-state index contributed by atoms with van der Waals surface area (Å²) in [6, 6.07) is 0. The van der Waals surface area contributed by atoms with Gasteiger partial charge in [0.25, 0.3) is 0 Å². The number of hydrogen-bond acceptors (Lipinski definition) is 1. The lowest BCUT2D eigenvalue weighted by molar-refractivity contribution is -0.131. The first-order chi connectivity index (χ1) is 9.77. The summed E-state index contributed by atoms with van der Waals surface area (Å²) < 4.78 is 0. The van der Waals surface area contributed by atoms with Gasteiger partial charge in [0.15, 0.2) is 0 Å². The van der Waals surface area contributed by atoms with Crippen molar-refractivity contribution in [2.45, 2.75) is 84.0 Å². The Hall–Kier alpha value is -1.23. The number of unbranched alkanes of at least 4 members (excludes halogenated alkanes) is 10.